The summed E-state index contributed by atoms with van der Waals surface area (Å²) in [5.41, 5.74) is 0. The van der Waals surface area contributed by atoms with E-state index >= 15 is 0 Å². The summed E-state index contributed by atoms with van der Waals surface area (Å²) in [5.74, 6) is -0.752. The van der Waals surface area contributed by atoms with Gasteiger partial charge in [0.1, 0.15) is 0 Å². The first-order chi connectivity index (χ1) is 2.77. The number of hydrogen-bond acceptors (Lipinski definition) is 2. The third-order valence-electron chi connectivity index (χ3n) is 0.199. The molecule has 0 aliphatic carbocycles. The molecule has 0 aromatic heterocycles. The second-order valence-corrected chi connectivity index (χ2v) is 0.638. The summed E-state index contributed by atoms with van der Waals surface area (Å²) < 4.78 is 0. The third-order valence-corrected chi connectivity index (χ3v) is 0.199. The molecule has 0 aliphatic rings. The number of rotatable bonds is 0. The van der Waals surface area contributed by atoms with Gasteiger partial charge in [0.05, 0.1) is 0 Å². The van der Waals surface area contributed by atoms with Crippen LogP contribution in [0.3, 0.4) is 0 Å². The molecular formula is C2H3BN2O. The van der Waals surface area contributed by atoms with Gasteiger partial charge in [-0.1, -0.05) is 0 Å². The zero-order chi connectivity index (χ0) is 4.99. The first-order valence-corrected chi connectivity index (χ1v) is 1.36. The molecular weight excluding hydrogens is 78.8 g/mol. The Kier molecular flexibility index (Phi) is 2.28. The number of azo groups is 1. The molecule has 3 nitrogen and oxygen atoms in total. The molecule has 0 fully saturated rings. The molecule has 0 saturated carbocycles. The van der Waals surface area contributed by atoms with E-state index in [2.05, 4.69) is 18.1 Å². The van der Waals surface area contributed by atoms with E-state index in [4.69, 9.17) is 0 Å². The van der Waals surface area contributed by atoms with Crippen LogP contribution in [0.2, 0.25) is 0 Å². The summed E-state index contributed by atoms with van der Waals surface area (Å²) in [4.78, 5) is 9.56. The van der Waals surface area contributed by atoms with E-state index in [0.717, 1.165) is 0 Å². The van der Waals surface area contributed by atoms with Gasteiger partial charge in [0.25, 0.3) is 0 Å². The SMILES string of the molecule is [B]C(=O)N=NC. The van der Waals surface area contributed by atoms with Crippen LogP contribution in [0, 0.1) is 0 Å². The van der Waals surface area contributed by atoms with Crippen molar-refractivity contribution in [3.8, 4) is 0 Å². The molecule has 0 bridgehead atoms. The average molecular weight is 81.9 g/mol. The Balaban J connectivity index is 3.30. The van der Waals surface area contributed by atoms with Crippen LogP contribution in [0.4, 0.5) is 4.79 Å². The number of carbonyl (C=O) groups is 1. The Morgan fingerprint density at radius 1 is 1.83 bits per heavy atom. The second-order valence-electron chi connectivity index (χ2n) is 0.638. The highest BCUT2D eigenvalue weighted by atomic mass is 16.1. The van der Waals surface area contributed by atoms with Gasteiger partial charge >= 0.3 is 0 Å². The lowest BCUT2D eigenvalue weighted by molar-refractivity contribution is 0.265. The van der Waals surface area contributed by atoms with E-state index in [1.165, 1.54) is 7.05 Å². The Hall–Kier alpha value is -0.665. The Bertz CT molecular complexity index is 79.6. The van der Waals surface area contributed by atoms with Crippen molar-refractivity contribution in [3.05, 3.63) is 0 Å². The summed E-state index contributed by atoms with van der Waals surface area (Å²) in [7, 11) is 5.88. The molecule has 0 spiro atoms. The second kappa shape index (κ2) is 2.57. The van der Waals surface area contributed by atoms with Gasteiger partial charge in [-0.15, -0.1) is 5.11 Å². The minimum absolute atomic E-state index is 0.752. The Morgan fingerprint density at radius 2 is 2.33 bits per heavy atom. The molecule has 0 aromatic rings. The van der Waals surface area contributed by atoms with E-state index in [1.807, 2.05) is 0 Å². The standard InChI is InChI=1S/C2H3BN2O/c1-4-5-2(3)6/h1H3. The van der Waals surface area contributed by atoms with Crippen molar-refractivity contribution < 1.29 is 4.79 Å². The number of hydrogen-bond donors (Lipinski definition) is 0. The number of carbonyl (C=O) groups excluding carboxylic acids is 1. The van der Waals surface area contributed by atoms with E-state index in [1.54, 1.807) is 0 Å². The summed E-state index contributed by atoms with van der Waals surface area (Å²) in [6, 6.07) is 0. The maximum absolute atomic E-state index is 9.56. The van der Waals surface area contributed by atoms with Gasteiger partial charge in [0, 0.05) is 7.05 Å². The van der Waals surface area contributed by atoms with Crippen LogP contribution in [0.25, 0.3) is 0 Å². The van der Waals surface area contributed by atoms with Crippen LogP contribution >= 0.6 is 0 Å². The van der Waals surface area contributed by atoms with Gasteiger partial charge < -0.3 is 0 Å². The van der Waals surface area contributed by atoms with Crippen LogP contribution in [0.1, 0.15) is 0 Å². The molecule has 0 saturated heterocycles. The predicted octanol–water partition coefficient (Wildman–Crippen LogP) is 0.357. The molecule has 4 heteroatoms. The predicted molar refractivity (Wildman–Crippen MR) is 21.9 cm³/mol. The fourth-order valence-corrected chi connectivity index (χ4v) is 0.0986. The van der Waals surface area contributed by atoms with Crippen molar-refractivity contribution in [2.75, 3.05) is 7.05 Å². The molecule has 0 unspecified atom stereocenters. The highest BCUT2D eigenvalue weighted by molar-refractivity contribution is 6.57. The molecule has 1 amide bonds. The van der Waals surface area contributed by atoms with Crippen molar-refractivity contribution in [3.63, 3.8) is 0 Å². The molecule has 30 valence electrons. The maximum atomic E-state index is 9.56. The van der Waals surface area contributed by atoms with E-state index in [9.17, 15) is 4.79 Å². The smallest absolute Gasteiger partial charge is 0.206 e. The van der Waals surface area contributed by atoms with Crippen LogP contribution < -0.4 is 0 Å². The van der Waals surface area contributed by atoms with Crippen LogP contribution in [-0.2, 0) is 0 Å². The van der Waals surface area contributed by atoms with Gasteiger partial charge in [-0.3, -0.25) is 4.79 Å². The van der Waals surface area contributed by atoms with Gasteiger partial charge in [-0.2, -0.15) is 5.11 Å². The largest absolute Gasteiger partial charge is 0.285 e. The fourth-order valence-electron chi connectivity index (χ4n) is 0.0986. The lowest BCUT2D eigenvalue weighted by Crippen LogP contribution is -1.81. The third kappa shape index (κ3) is 3.33. The quantitative estimate of drug-likeness (QED) is 0.307. The number of nitrogens with zero attached hydrogens (tertiary/aromatic N) is 2. The molecule has 0 N–H and O–H groups in total. The summed E-state index contributed by atoms with van der Waals surface area (Å²) >= 11 is 0. The highest BCUT2D eigenvalue weighted by Gasteiger charge is 1.76. The first kappa shape index (κ1) is 5.33. The lowest BCUT2D eigenvalue weighted by atomic mass is 10.1. The zero-order valence-corrected chi connectivity index (χ0v) is 3.38. The van der Waals surface area contributed by atoms with Crippen molar-refractivity contribution in [1.82, 2.24) is 0 Å². The summed E-state index contributed by atoms with van der Waals surface area (Å²) in [6.45, 7) is 0. The zero-order valence-electron chi connectivity index (χ0n) is 3.38. The van der Waals surface area contributed by atoms with Crippen molar-refractivity contribution in [2.24, 2.45) is 10.2 Å². The Morgan fingerprint density at radius 3 is 2.33 bits per heavy atom. The van der Waals surface area contributed by atoms with Crippen LogP contribution in [0.5, 0.6) is 0 Å². The monoisotopic (exact) mass is 82.0 g/mol. The molecule has 0 aromatic carbocycles. The summed E-state index contributed by atoms with van der Waals surface area (Å²) in [6.07, 6.45) is 0. The van der Waals surface area contributed by atoms with Crippen LogP contribution in [-0.4, -0.2) is 20.7 Å². The first-order valence-electron chi connectivity index (χ1n) is 1.36. The molecule has 6 heavy (non-hydrogen) atoms. The molecule has 0 aliphatic heterocycles. The van der Waals surface area contributed by atoms with Crippen molar-refractivity contribution in [1.29, 1.82) is 0 Å². The topological polar surface area (TPSA) is 41.8 Å². The van der Waals surface area contributed by atoms with Gasteiger partial charge in [-0.25, -0.2) is 0 Å². The molecule has 0 atom stereocenters. The van der Waals surface area contributed by atoms with Crippen molar-refractivity contribution >= 4 is 13.7 Å². The Labute approximate surface area is 36.9 Å². The van der Waals surface area contributed by atoms with E-state index in [-0.39, 0.29) is 0 Å². The minimum Gasteiger partial charge on any atom is -0.285 e. The van der Waals surface area contributed by atoms with Crippen molar-refractivity contribution in [2.45, 2.75) is 0 Å². The van der Waals surface area contributed by atoms with Gasteiger partial charge in [0.15, 0.2) is 0 Å². The normalized spacial score (nSPS) is 9.50. The fraction of sp³-hybridized carbons (Fsp3) is 0.500. The minimum atomic E-state index is -0.752. The van der Waals surface area contributed by atoms with Crippen LogP contribution in [0.15, 0.2) is 10.2 Å². The average Bonchev–Trinajstić information content (AvgIpc) is 1.35. The molecule has 0 rings (SSSR count). The molecule has 2 radical (unpaired) electrons. The van der Waals surface area contributed by atoms with E-state index < -0.39 is 5.81 Å². The lowest BCUT2D eigenvalue weighted by Gasteiger charge is -1.68. The van der Waals surface area contributed by atoms with E-state index in [0.29, 0.717) is 0 Å². The maximum Gasteiger partial charge on any atom is 0.206 e. The van der Waals surface area contributed by atoms with Gasteiger partial charge in [-0.05, 0) is 0 Å². The highest BCUT2D eigenvalue weighted by Crippen LogP contribution is 1.67. The number of amides is 1. The van der Waals surface area contributed by atoms with Gasteiger partial charge in [0.2, 0.25) is 13.7 Å². The molecule has 0 heterocycles. The summed E-state index contributed by atoms with van der Waals surface area (Å²) in [5, 5.41) is 5.97.